The van der Waals surface area contributed by atoms with Crippen molar-refractivity contribution in [1.82, 2.24) is 0 Å². The number of phenolic OH excluding ortho intramolecular Hbond substituents is 1. The van der Waals surface area contributed by atoms with Crippen molar-refractivity contribution in [1.29, 1.82) is 0 Å². The molecule has 0 aromatic heterocycles. The Bertz CT molecular complexity index is 897. The summed E-state index contributed by atoms with van der Waals surface area (Å²) >= 11 is 0.836. The highest BCUT2D eigenvalue weighted by molar-refractivity contribution is 8.19. The van der Waals surface area contributed by atoms with E-state index in [0.29, 0.717) is 28.5 Å². The molecule has 1 saturated heterocycles. The third-order valence-corrected chi connectivity index (χ3v) is 4.76. The van der Waals surface area contributed by atoms with Crippen LogP contribution in [0.1, 0.15) is 5.56 Å². The summed E-state index contributed by atoms with van der Waals surface area (Å²) in [4.78, 5) is 26.3. The number of carbonyl (C=O) groups is 2. The number of nitrogens with zero attached hydrogens (tertiary/aromatic N) is 1. The molecule has 1 heterocycles. The topological polar surface area (TPSA) is 85.3 Å². The average molecular weight is 387 g/mol. The third kappa shape index (κ3) is 3.56. The lowest BCUT2D eigenvalue weighted by Crippen LogP contribution is -2.27. The SMILES string of the molecule is COc1cc(/C=C2/SC(=O)N(c3ccc(O)cc3)C2=O)cc(OC)c1OC. The van der Waals surface area contributed by atoms with Gasteiger partial charge in [0.25, 0.3) is 11.1 Å². The first kappa shape index (κ1) is 18.7. The summed E-state index contributed by atoms with van der Waals surface area (Å²) < 4.78 is 15.9. The number of rotatable bonds is 5. The molecule has 1 aliphatic heterocycles. The quantitative estimate of drug-likeness (QED) is 0.784. The van der Waals surface area contributed by atoms with Crippen molar-refractivity contribution in [2.45, 2.75) is 0 Å². The predicted molar refractivity (Wildman–Crippen MR) is 103 cm³/mol. The van der Waals surface area contributed by atoms with Gasteiger partial charge in [-0.15, -0.1) is 0 Å². The lowest BCUT2D eigenvalue weighted by Gasteiger charge is -2.13. The van der Waals surface area contributed by atoms with Gasteiger partial charge in [0, 0.05) is 0 Å². The van der Waals surface area contributed by atoms with Crippen molar-refractivity contribution in [3.63, 3.8) is 0 Å². The normalized spacial score (nSPS) is 15.4. The number of anilines is 1. The number of imide groups is 1. The first-order chi connectivity index (χ1) is 13.0. The summed E-state index contributed by atoms with van der Waals surface area (Å²) in [6.07, 6.45) is 1.59. The van der Waals surface area contributed by atoms with Crippen molar-refractivity contribution in [3.8, 4) is 23.0 Å². The Kier molecular flexibility index (Phi) is 5.27. The van der Waals surface area contributed by atoms with Gasteiger partial charge in [0.15, 0.2) is 11.5 Å². The van der Waals surface area contributed by atoms with E-state index in [4.69, 9.17) is 14.2 Å². The average Bonchev–Trinajstić information content (AvgIpc) is 2.95. The molecule has 27 heavy (non-hydrogen) atoms. The molecule has 0 spiro atoms. The highest BCUT2D eigenvalue weighted by atomic mass is 32.2. The fraction of sp³-hybridized carbons (Fsp3) is 0.158. The second kappa shape index (κ2) is 7.63. The fourth-order valence-corrected chi connectivity index (χ4v) is 3.47. The number of ether oxygens (including phenoxy) is 3. The molecule has 0 unspecified atom stereocenters. The summed E-state index contributed by atoms with van der Waals surface area (Å²) in [5, 5.41) is 8.97. The van der Waals surface area contributed by atoms with Crippen LogP contribution >= 0.6 is 11.8 Å². The molecule has 0 radical (unpaired) electrons. The van der Waals surface area contributed by atoms with Crippen molar-refractivity contribution in [2.75, 3.05) is 26.2 Å². The van der Waals surface area contributed by atoms with E-state index in [2.05, 4.69) is 0 Å². The van der Waals surface area contributed by atoms with Crippen LogP contribution in [0.3, 0.4) is 0 Å². The van der Waals surface area contributed by atoms with E-state index in [1.165, 1.54) is 45.6 Å². The van der Waals surface area contributed by atoms with E-state index in [-0.39, 0.29) is 10.7 Å². The van der Waals surface area contributed by atoms with E-state index in [0.717, 1.165) is 16.7 Å². The molecule has 0 saturated carbocycles. The molecule has 2 aromatic carbocycles. The molecule has 3 rings (SSSR count). The number of hydrogen-bond acceptors (Lipinski definition) is 7. The number of benzene rings is 2. The van der Waals surface area contributed by atoms with Crippen LogP contribution in [0.25, 0.3) is 6.08 Å². The summed E-state index contributed by atoms with van der Waals surface area (Å²) in [5.41, 5.74) is 1.02. The largest absolute Gasteiger partial charge is 0.508 e. The zero-order valence-electron chi connectivity index (χ0n) is 14.9. The standard InChI is InChI=1S/C19H17NO6S/c1-24-14-8-11(9-15(25-2)17(14)26-3)10-16-18(22)20(19(23)27-16)12-4-6-13(21)7-5-12/h4-10,21H,1-3H3/b16-10+. The highest BCUT2D eigenvalue weighted by Gasteiger charge is 2.36. The van der Waals surface area contributed by atoms with E-state index >= 15 is 0 Å². The highest BCUT2D eigenvalue weighted by Crippen LogP contribution is 2.41. The molecule has 1 fully saturated rings. The van der Waals surface area contributed by atoms with Crippen LogP contribution in [-0.2, 0) is 4.79 Å². The number of hydrogen-bond donors (Lipinski definition) is 1. The Labute approximate surface area is 160 Å². The summed E-state index contributed by atoms with van der Waals surface area (Å²) in [6, 6.07) is 9.23. The van der Waals surface area contributed by atoms with Gasteiger partial charge in [-0.05, 0) is 59.8 Å². The Morgan fingerprint density at radius 2 is 1.56 bits per heavy atom. The minimum Gasteiger partial charge on any atom is -0.508 e. The van der Waals surface area contributed by atoms with Crippen LogP contribution in [0.2, 0.25) is 0 Å². The molecule has 0 atom stereocenters. The van der Waals surface area contributed by atoms with Gasteiger partial charge in [-0.25, -0.2) is 4.90 Å². The maximum absolute atomic E-state index is 12.7. The van der Waals surface area contributed by atoms with E-state index in [1.54, 1.807) is 18.2 Å². The van der Waals surface area contributed by atoms with Gasteiger partial charge in [-0.2, -0.15) is 0 Å². The van der Waals surface area contributed by atoms with Crippen LogP contribution in [0.15, 0.2) is 41.3 Å². The number of aromatic hydroxyl groups is 1. The van der Waals surface area contributed by atoms with Crippen LogP contribution < -0.4 is 19.1 Å². The zero-order valence-corrected chi connectivity index (χ0v) is 15.7. The van der Waals surface area contributed by atoms with Crippen molar-refractivity contribution < 1.29 is 28.9 Å². The first-order valence-corrected chi connectivity index (χ1v) is 8.67. The molecule has 8 heteroatoms. The second-order valence-electron chi connectivity index (χ2n) is 5.49. The molecule has 0 aliphatic carbocycles. The minimum absolute atomic E-state index is 0.0543. The third-order valence-electron chi connectivity index (χ3n) is 3.89. The smallest absolute Gasteiger partial charge is 0.298 e. The van der Waals surface area contributed by atoms with Crippen molar-refractivity contribution >= 4 is 34.7 Å². The van der Waals surface area contributed by atoms with Crippen LogP contribution in [0.5, 0.6) is 23.0 Å². The van der Waals surface area contributed by atoms with Crippen molar-refractivity contribution in [2.24, 2.45) is 0 Å². The number of thioether (sulfide) groups is 1. The van der Waals surface area contributed by atoms with Crippen LogP contribution in [0, 0.1) is 0 Å². The fourth-order valence-electron chi connectivity index (χ4n) is 2.63. The summed E-state index contributed by atoms with van der Waals surface area (Å²) in [7, 11) is 4.50. The Morgan fingerprint density at radius 1 is 0.963 bits per heavy atom. The van der Waals surface area contributed by atoms with Gasteiger partial charge in [0.1, 0.15) is 5.75 Å². The Balaban J connectivity index is 1.97. The number of methoxy groups -OCH3 is 3. The maximum atomic E-state index is 12.7. The van der Waals surface area contributed by atoms with E-state index in [9.17, 15) is 14.7 Å². The molecule has 0 bridgehead atoms. The van der Waals surface area contributed by atoms with Crippen LogP contribution in [0.4, 0.5) is 10.5 Å². The van der Waals surface area contributed by atoms with Gasteiger partial charge in [-0.1, -0.05) is 0 Å². The van der Waals surface area contributed by atoms with E-state index in [1.807, 2.05) is 0 Å². The molecule has 2 aromatic rings. The van der Waals surface area contributed by atoms with Gasteiger partial charge in [-0.3, -0.25) is 9.59 Å². The molecule has 1 N–H and O–H groups in total. The first-order valence-electron chi connectivity index (χ1n) is 7.85. The van der Waals surface area contributed by atoms with Crippen molar-refractivity contribution in [3.05, 3.63) is 46.9 Å². The molecule has 1 aliphatic rings. The monoisotopic (exact) mass is 387 g/mol. The minimum atomic E-state index is -0.440. The molecule has 2 amide bonds. The Hall–Kier alpha value is -3.13. The second-order valence-corrected chi connectivity index (χ2v) is 6.49. The number of phenols is 1. The molecular formula is C19H17NO6S. The zero-order chi connectivity index (χ0) is 19.6. The lowest BCUT2D eigenvalue weighted by molar-refractivity contribution is -0.113. The molecule has 7 nitrogen and oxygen atoms in total. The molecular weight excluding hydrogens is 370 g/mol. The number of amides is 2. The maximum Gasteiger partial charge on any atom is 0.298 e. The van der Waals surface area contributed by atoms with Gasteiger partial charge in [0.2, 0.25) is 5.75 Å². The summed E-state index contributed by atoms with van der Waals surface area (Å²) in [5.74, 6) is 0.944. The van der Waals surface area contributed by atoms with Gasteiger partial charge >= 0.3 is 0 Å². The Morgan fingerprint density at radius 3 is 2.07 bits per heavy atom. The van der Waals surface area contributed by atoms with E-state index < -0.39 is 11.1 Å². The lowest BCUT2D eigenvalue weighted by atomic mass is 10.1. The predicted octanol–water partition coefficient (Wildman–Crippen LogP) is 3.66. The summed E-state index contributed by atoms with van der Waals surface area (Å²) in [6.45, 7) is 0. The van der Waals surface area contributed by atoms with Gasteiger partial charge in [0.05, 0.1) is 31.9 Å². The molecule has 140 valence electrons. The van der Waals surface area contributed by atoms with Gasteiger partial charge < -0.3 is 19.3 Å². The van der Waals surface area contributed by atoms with Crippen LogP contribution in [-0.4, -0.2) is 37.6 Å². The number of carbonyl (C=O) groups excluding carboxylic acids is 2.